The summed E-state index contributed by atoms with van der Waals surface area (Å²) in [4.78, 5) is 40.2. The zero-order chi connectivity index (χ0) is 19.0. The number of nitrogens with one attached hydrogen (secondary N) is 1. The van der Waals surface area contributed by atoms with E-state index in [-0.39, 0.29) is 29.5 Å². The lowest BCUT2D eigenvalue weighted by atomic mass is 9.90. The second kappa shape index (κ2) is 7.17. The number of likely N-dealkylation sites (tertiary alicyclic amines) is 1. The van der Waals surface area contributed by atoms with Crippen molar-refractivity contribution >= 4 is 23.2 Å². The van der Waals surface area contributed by atoms with Crippen LogP contribution in [0.1, 0.15) is 42.5 Å². The molecule has 2 amide bonds. The fraction of sp³-hybridized carbons (Fsp3) is 0.579. The summed E-state index contributed by atoms with van der Waals surface area (Å²) in [5.41, 5.74) is 1.07. The Balaban J connectivity index is 1.69. The van der Waals surface area contributed by atoms with Gasteiger partial charge in [-0.1, -0.05) is 0 Å². The number of benzene rings is 1. The molecule has 0 aliphatic carbocycles. The number of rotatable bonds is 3. The van der Waals surface area contributed by atoms with Crippen LogP contribution in [0.4, 0.5) is 11.4 Å². The molecule has 1 aromatic carbocycles. The summed E-state index contributed by atoms with van der Waals surface area (Å²) in [5.74, 6) is -0.363. The molecular weight excluding hydrogens is 348 g/mol. The summed E-state index contributed by atoms with van der Waals surface area (Å²) in [6, 6.07) is 4.42. The SMILES string of the molecule is O=C1NC[C@@H]2[C@@H]1CCCN2C(=O)c1cc([N+](=O)[O-])ccc1N1CCCCC1. The smallest absolute Gasteiger partial charge is 0.270 e. The molecule has 4 rings (SSSR count). The molecule has 8 nitrogen and oxygen atoms in total. The molecule has 0 bridgehead atoms. The van der Waals surface area contributed by atoms with E-state index in [2.05, 4.69) is 10.2 Å². The topological polar surface area (TPSA) is 95.8 Å². The zero-order valence-electron chi connectivity index (χ0n) is 15.2. The van der Waals surface area contributed by atoms with Gasteiger partial charge in [-0.15, -0.1) is 0 Å². The summed E-state index contributed by atoms with van der Waals surface area (Å²) < 4.78 is 0. The van der Waals surface area contributed by atoms with Crippen LogP contribution in [0.15, 0.2) is 18.2 Å². The average Bonchev–Trinajstić information content (AvgIpc) is 3.09. The molecular formula is C19H24N4O4. The summed E-state index contributed by atoms with van der Waals surface area (Å²) in [7, 11) is 0. The van der Waals surface area contributed by atoms with Crippen molar-refractivity contribution < 1.29 is 14.5 Å². The lowest BCUT2D eigenvalue weighted by Gasteiger charge is -2.37. The number of nitrogens with zero attached hydrogens (tertiary/aromatic N) is 3. The Morgan fingerprint density at radius 3 is 2.67 bits per heavy atom. The Hall–Kier alpha value is -2.64. The van der Waals surface area contributed by atoms with Gasteiger partial charge >= 0.3 is 0 Å². The number of carbonyl (C=O) groups is 2. The van der Waals surface area contributed by atoms with Gasteiger partial charge in [0.2, 0.25) is 5.91 Å². The van der Waals surface area contributed by atoms with Gasteiger partial charge in [0.05, 0.1) is 28.1 Å². The predicted octanol–water partition coefficient (Wildman–Crippen LogP) is 1.94. The third-order valence-corrected chi connectivity index (χ3v) is 5.98. The largest absolute Gasteiger partial charge is 0.371 e. The highest BCUT2D eigenvalue weighted by atomic mass is 16.6. The van der Waals surface area contributed by atoms with Crippen LogP contribution in [-0.2, 0) is 4.79 Å². The number of hydrogen-bond donors (Lipinski definition) is 1. The van der Waals surface area contributed by atoms with Gasteiger partial charge < -0.3 is 15.1 Å². The third-order valence-electron chi connectivity index (χ3n) is 5.98. The first-order chi connectivity index (χ1) is 13.1. The van der Waals surface area contributed by atoms with Crippen LogP contribution in [0.25, 0.3) is 0 Å². The number of nitro groups is 1. The highest BCUT2D eigenvalue weighted by Crippen LogP contribution is 2.33. The molecule has 2 atom stereocenters. The molecule has 8 heteroatoms. The number of fused-ring (bicyclic) bond motifs is 1. The van der Waals surface area contributed by atoms with Crippen LogP contribution in [0, 0.1) is 16.0 Å². The molecule has 3 fully saturated rings. The number of nitro benzene ring substituents is 1. The van der Waals surface area contributed by atoms with Gasteiger partial charge in [0, 0.05) is 38.3 Å². The Morgan fingerprint density at radius 2 is 1.93 bits per heavy atom. The van der Waals surface area contributed by atoms with Gasteiger partial charge in [-0.3, -0.25) is 19.7 Å². The molecule has 0 saturated carbocycles. The molecule has 3 aliphatic rings. The molecule has 144 valence electrons. The predicted molar refractivity (Wildman–Crippen MR) is 99.7 cm³/mol. The molecule has 1 N–H and O–H groups in total. The molecule has 0 unspecified atom stereocenters. The fourth-order valence-corrected chi connectivity index (χ4v) is 4.58. The van der Waals surface area contributed by atoms with Gasteiger partial charge in [0.25, 0.3) is 11.6 Å². The average molecular weight is 372 g/mol. The van der Waals surface area contributed by atoms with Gasteiger partial charge in [0.1, 0.15) is 0 Å². The van der Waals surface area contributed by atoms with E-state index in [1.165, 1.54) is 12.1 Å². The zero-order valence-corrected chi connectivity index (χ0v) is 15.2. The lowest BCUT2D eigenvalue weighted by Crippen LogP contribution is -2.49. The summed E-state index contributed by atoms with van der Waals surface area (Å²) in [6.07, 6.45) is 4.83. The van der Waals surface area contributed by atoms with Gasteiger partial charge in [-0.25, -0.2) is 0 Å². The summed E-state index contributed by atoms with van der Waals surface area (Å²) >= 11 is 0. The van der Waals surface area contributed by atoms with Crippen molar-refractivity contribution in [1.82, 2.24) is 10.2 Å². The van der Waals surface area contributed by atoms with E-state index in [9.17, 15) is 19.7 Å². The first-order valence-electron chi connectivity index (χ1n) is 9.68. The number of non-ortho nitro benzene ring substituents is 1. The van der Waals surface area contributed by atoms with E-state index in [1.807, 2.05) is 0 Å². The van der Waals surface area contributed by atoms with Crippen LogP contribution >= 0.6 is 0 Å². The minimum atomic E-state index is -0.462. The van der Waals surface area contributed by atoms with Crippen molar-refractivity contribution in [3.05, 3.63) is 33.9 Å². The third kappa shape index (κ3) is 3.24. The molecule has 27 heavy (non-hydrogen) atoms. The van der Waals surface area contributed by atoms with E-state index in [0.29, 0.717) is 18.7 Å². The van der Waals surface area contributed by atoms with Gasteiger partial charge in [0.15, 0.2) is 0 Å². The highest BCUT2D eigenvalue weighted by Gasteiger charge is 2.43. The van der Waals surface area contributed by atoms with E-state index in [0.717, 1.165) is 50.9 Å². The normalized spacial score (nSPS) is 25.1. The maximum atomic E-state index is 13.4. The Morgan fingerprint density at radius 1 is 1.15 bits per heavy atom. The highest BCUT2D eigenvalue weighted by molar-refractivity contribution is 6.01. The number of amides is 2. The van der Waals surface area contributed by atoms with Crippen molar-refractivity contribution in [3.8, 4) is 0 Å². The maximum Gasteiger partial charge on any atom is 0.270 e. The first-order valence-corrected chi connectivity index (χ1v) is 9.68. The van der Waals surface area contributed by atoms with Crippen LogP contribution < -0.4 is 10.2 Å². The molecule has 1 aromatic rings. The minimum Gasteiger partial charge on any atom is -0.371 e. The Kier molecular flexibility index (Phi) is 4.72. The van der Waals surface area contributed by atoms with E-state index in [1.54, 1.807) is 11.0 Å². The number of carbonyl (C=O) groups excluding carboxylic acids is 2. The molecule has 3 heterocycles. The van der Waals surface area contributed by atoms with Crippen molar-refractivity contribution in [2.75, 3.05) is 31.1 Å². The first kappa shape index (κ1) is 17.8. The van der Waals surface area contributed by atoms with E-state index >= 15 is 0 Å². The standard InChI is InChI=1S/C19H24N4O4/c24-18-14-5-4-10-22(17(14)12-20-18)19(25)15-11-13(23(26)27)6-7-16(15)21-8-2-1-3-9-21/h6-7,11,14,17H,1-5,8-10,12H2,(H,20,24)/t14-,17+/m0/s1. The van der Waals surface area contributed by atoms with Crippen molar-refractivity contribution in [2.24, 2.45) is 5.92 Å². The van der Waals surface area contributed by atoms with Crippen molar-refractivity contribution in [1.29, 1.82) is 0 Å². The number of piperidine rings is 2. The molecule has 3 saturated heterocycles. The molecule has 3 aliphatic heterocycles. The molecule has 0 radical (unpaired) electrons. The Bertz CT molecular complexity index is 775. The van der Waals surface area contributed by atoms with Crippen molar-refractivity contribution in [2.45, 2.75) is 38.1 Å². The second-order valence-corrected chi connectivity index (χ2v) is 7.57. The molecule has 0 aromatic heterocycles. The minimum absolute atomic E-state index is 0.00722. The lowest BCUT2D eigenvalue weighted by molar-refractivity contribution is -0.384. The van der Waals surface area contributed by atoms with Crippen LogP contribution in [0.2, 0.25) is 0 Å². The van der Waals surface area contributed by atoms with E-state index in [4.69, 9.17) is 0 Å². The quantitative estimate of drug-likeness (QED) is 0.646. The van der Waals surface area contributed by atoms with Crippen LogP contribution in [0.5, 0.6) is 0 Å². The van der Waals surface area contributed by atoms with Crippen molar-refractivity contribution in [3.63, 3.8) is 0 Å². The van der Waals surface area contributed by atoms with Gasteiger partial charge in [-0.2, -0.15) is 0 Å². The summed E-state index contributed by atoms with van der Waals surface area (Å²) in [5, 5.41) is 14.1. The van der Waals surface area contributed by atoms with E-state index < -0.39 is 4.92 Å². The van der Waals surface area contributed by atoms with Gasteiger partial charge in [-0.05, 0) is 38.2 Å². The number of anilines is 1. The Labute approximate surface area is 157 Å². The maximum absolute atomic E-state index is 13.4. The summed E-state index contributed by atoms with van der Waals surface area (Å²) in [6.45, 7) is 2.74. The second-order valence-electron chi connectivity index (χ2n) is 7.57. The monoisotopic (exact) mass is 372 g/mol. The van der Waals surface area contributed by atoms with Crippen LogP contribution in [0.3, 0.4) is 0 Å². The number of hydrogen-bond acceptors (Lipinski definition) is 5. The van der Waals surface area contributed by atoms with Crippen LogP contribution in [-0.4, -0.2) is 53.9 Å². The fourth-order valence-electron chi connectivity index (χ4n) is 4.58. The molecule has 0 spiro atoms.